The van der Waals surface area contributed by atoms with E-state index in [0.717, 1.165) is 16.9 Å². The molecule has 0 aliphatic carbocycles. The van der Waals surface area contributed by atoms with Crippen LogP contribution in [0.4, 0.5) is 11.4 Å². The van der Waals surface area contributed by atoms with Crippen molar-refractivity contribution in [3.63, 3.8) is 0 Å². The number of rotatable bonds is 7. The number of amides is 1. The lowest BCUT2D eigenvalue weighted by Crippen LogP contribution is -2.13. The Balaban J connectivity index is 1.55. The van der Waals surface area contributed by atoms with Crippen LogP contribution in [-0.4, -0.2) is 37.3 Å². The van der Waals surface area contributed by atoms with Gasteiger partial charge in [0.2, 0.25) is 17.7 Å². The van der Waals surface area contributed by atoms with E-state index in [1.54, 1.807) is 7.11 Å². The van der Waals surface area contributed by atoms with Crippen LogP contribution in [0.15, 0.2) is 52.9 Å². The van der Waals surface area contributed by atoms with Gasteiger partial charge >= 0.3 is 0 Å². The number of hydrogen-bond donors (Lipinski definition) is 1. The molecule has 1 aromatic heterocycles. The molecule has 0 spiro atoms. The quantitative estimate of drug-likeness (QED) is 0.690. The normalized spacial score (nSPS) is 10.5. The van der Waals surface area contributed by atoms with Gasteiger partial charge in [-0.3, -0.25) is 4.79 Å². The van der Waals surface area contributed by atoms with Gasteiger partial charge in [-0.1, -0.05) is 6.07 Å². The molecule has 0 aliphatic rings. The molecule has 7 nitrogen and oxygen atoms in total. The SMILES string of the molecule is COc1cccc(-c2nnc(CCC(=O)Nc3ccc(N(C)C)cc3)o2)c1. The summed E-state index contributed by atoms with van der Waals surface area (Å²) in [6.45, 7) is 0. The number of methoxy groups -OCH3 is 1. The minimum absolute atomic E-state index is 0.103. The van der Waals surface area contributed by atoms with Gasteiger partial charge in [0.05, 0.1) is 7.11 Å². The molecule has 0 radical (unpaired) electrons. The lowest BCUT2D eigenvalue weighted by atomic mass is 10.2. The first-order valence-corrected chi connectivity index (χ1v) is 8.59. The predicted octanol–water partition coefficient (Wildman–Crippen LogP) is 3.38. The summed E-state index contributed by atoms with van der Waals surface area (Å²) in [6.07, 6.45) is 0.633. The molecular formula is C20H22N4O3. The van der Waals surface area contributed by atoms with E-state index in [2.05, 4.69) is 15.5 Å². The highest BCUT2D eigenvalue weighted by molar-refractivity contribution is 5.90. The van der Waals surface area contributed by atoms with Crippen LogP contribution in [0, 0.1) is 0 Å². The number of nitrogens with one attached hydrogen (secondary N) is 1. The van der Waals surface area contributed by atoms with E-state index in [0.29, 0.717) is 24.0 Å². The lowest BCUT2D eigenvalue weighted by molar-refractivity contribution is -0.116. The van der Waals surface area contributed by atoms with Crippen molar-refractivity contribution in [1.82, 2.24) is 10.2 Å². The Bertz CT molecular complexity index is 904. The zero-order valence-electron chi connectivity index (χ0n) is 15.6. The molecule has 2 aromatic carbocycles. The number of ether oxygens (including phenoxy) is 1. The van der Waals surface area contributed by atoms with Crippen LogP contribution in [0.1, 0.15) is 12.3 Å². The number of nitrogens with zero attached hydrogens (tertiary/aromatic N) is 3. The third-order valence-electron chi connectivity index (χ3n) is 4.02. The van der Waals surface area contributed by atoms with Gasteiger partial charge in [-0.05, 0) is 42.5 Å². The van der Waals surface area contributed by atoms with Crippen molar-refractivity contribution in [1.29, 1.82) is 0 Å². The fourth-order valence-corrected chi connectivity index (χ4v) is 2.51. The van der Waals surface area contributed by atoms with E-state index in [1.807, 2.05) is 67.5 Å². The molecule has 3 aromatic rings. The van der Waals surface area contributed by atoms with Crippen LogP contribution in [0.5, 0.6) is 5.75 Å². The third-order valence-corrected chi connectivity index (χ3v) is 4.02. The van der Waals surface area contributed by atoms with E-state index in [9.17, 15) is 4.79 Å². The predicted molar refractivity (Wildman–Crippen MR) is 104 cm³/mol. The highest BCUT2D eigenvalue weighted by Gasteiger charge is 2.11. The summed E-state index contributed by atoms with van der Waals surface area (Å²) in [7, 11) is 5.54. The van der Waals surface area contributed by atoms with Crippen molar-refractivity contribution in [2.24, 2.45) is 0 Å². The van der Waals surface area contributed by atoms with E-state index in [4.69, 9.17) is 9.15 Å². The molecule has 140 valence electrons. The minimum Gasteiger partial charge on any atom is -0.497 e. The molecule has 27 heavy (non-hydrogen) atoms. The molecule has 1 heterocycles. The van der Waals surface area contributed by atoms with Gasteiger partial charge in [0, 0.05) is 43.9 Å². The molecule has 0 aliphatic heterocycles. The molecule has 0 atom stereocenters. The highest BCUT2D eigenvalue weighted by atomic mass is 16.5. The molecule has 0 unspecified atom stereocenters. The monoisotopic (exact) mass is 366 g/mol. The maximum absolute atomic E-state index is 12.1. The first-order valence-electron chi connectivity index (χ1n) is 8.59. The number of aryl methyl sites for hydroxylation is 1. The molecular weight excluding hydrogens is 344 g/mol. The van der Waals surface area contributed by atoms with Crippen LogP contribution in [0.3, 0.4) is 0 Å². The molecule has 1 amide bonds. The fraction of sp³-hybridized carbons (Fsp3) is 0.250. The second kappa shape index (κ2) is 8.35. The van der Waals surface area contributed by atoms with Crippen LogP contribution in [0.25, 0.3) is 11.5 Å². The molecule has 0 fully saturated rings. The molecule has 3 rings (SSSR count). The number of carbonyl (C=O) groups excluding carboxylic acids is 1. The van der Waals surface area contributed by atoms with Crippen molar-refractivity contribution in [3.8, 4) is 17.2 Å². The van der Waals surface area contributed by atoms with Crippen molar-refractivity contribution in [2.75, 3.05) is 31.4 Å². The Morgan fingerprint density at radius 3 is 2.63 bits per heavy atom. The smallest absolute Gasteiger partial charge is 0.247 e. The zero-order valence-corrected chi connectivity index (χ0v) is 15.6. The largest absolute Gasteiger partial charge is 0.497 e. The van der Waals surface area contributed by atoms with E-state index in [-0.39, 0.29) is 12.3 Å². The van der Waals surface area contributed by atoms with Gasteiger partial charge in [-0.2, -0.15) is 0 Å². The maximum Gasteiger partial charge on any atom is 0.247 e. The van der Waals surface area contributed by atoms with Gasteiger partial charge in [-0.15, -0.1) is 10.2 Å². The summed E-state index contributed by atoms with van der Waals surface area (Å²) >= 11 is 0. The third kappa shape index (κ3) is 4.84. The second-order valence-electron chi connectivity index (χ2n) is 6.22. The standard InChI is InChI=1S/C20H22N4O3/c1-24(2)16-9-7-15(8-10-16)21-18(25)11-12-19-22-23-20(27-19)14-5-4-6-17(13-14)26-3/h4-10,13H,11-12H2,1-3H3,(H,21,25). The van der Waals surface area contributed by atoms with Crippen LogP contribution in [0.2, 0.25) is 0 Å². The number of anilines is 2. The van der Waals surface area contributed by atoms with Gasteiger partial charge < -0.3 is 19.4 Å². The summed E-state index contributed by atoms with van der Waals surface area (Å²) in [5.74, 6) is 1.44. The molecule has 0 saturated carbocycles. The first-order chi connectivity index (χ1) is 13.0. The lowest BCUT2D eigenvalue weighted by Gasteiger charge is -2.12. The Morgan fingerprint density at radius 2 is 1.93 bits per heavy atom. The summed E-state index contributed by atoms with van der Waals surface area (Å²) in [6, 6.07) is 15.0. The average molecular weight is 366 g/mol. The molecule has 0 bridgehead atoms. The first kappa shape index (κ1) is 18.4. The topological polar surface area (TPSA) is 80.5 Å². The van der Waals surface area contributed by atoms with Crippen LogP contribution >= 0.6 is 0 Å². The molecule has 7 heteroatoms. The maximum atomic E-state index is 12.1. The molecule has 1 N–H and O–H groups in total. The van der Waals surface area contributed by atoms with Crippen molar-refractivity contribution in [3.05, 3.63) is 54.4 Å². The summed E-state index contributed by atoms with van der Waals surface area (Å²) in [5.41, 5.74) is 2.61. The number of aromatic nitrogens is 2. The minimum atomic E-state index is -0.103. The van der Waals surface area contributed by atoms with E-state index >= 15 is 0 Å². The van der Waals surface area contributed by atoms with Crippen LogP contribution in [-0.2, 0) is 11.2 Å². The van der Waals surface area contributed by atoms with Crippen LogP contribution < -0.4 is 15.0 Å². The Hall–Kier alpha value is -3.35. The summed E-state index contributed by atoms with van der Waals surface area (Å²) < 4.78 is 10.8. The summed E-state index contributed by atoms with van der Waals surface area (Å²) in [4.78, 5) is 14.1. The van der Waals surface area contributed by atoms with Gasteiger partial charge in [0.1, 0.15) is 5.75 Å². The number of carbonyl (C=O) groups is 1. The zero-order chi connectivity index (χ0) is 19.2. The van der Waals surface area contributed by atoms with Gasteiger partial charge in [0.15, 0.2) is 0 Å². The van der Waals surface area contributed by atoms with Crippen molar-refractivity contribution < 1.29 is 13.9 Å². The number of hydrogen-bond acceptors (Lipinski definition) is 6. The van der Waals surface area contributed by atoms with E-state index in [1.165, 1.54) is 0 Å². The number of benzene rings is 2. The Kier molecular flexibility index (Phi) is 5.71. The average Bonchev–Trinajstić information content (AvgIpc) is 3.16. The van der Waals surface area contributed by atoms with Crippen molar-refractivity contribution >= 4 is 17.3 Å². The van der Waals surface area contributed by atoms with E-state index < -0.39 is 0 Å². The van der Waals surface area contributed by atoms with Gasteiger partial charge in [0.25, 0.3) is 0 Å². The highest BCUT2D eigenvalue weighted by Crippen LogP contribution is 2.23. The summed E-state index contributed by atoms with van der Waals surface area (Å²) in [5, 5.41) is 10.9. The second-order valence-corrected chi connectivity index (χ2v) is 6.22. The Morgan fingerprint density at radius 1 is 1.15 bits per heavy atom. The van der Waals surface area contributed by atoms with Gasteiger partial charge in [-0.25, -0.2) is 0 Å². The Labute approximate surface area is 158 Å². The molecule has 0 saturated heterocycles. The van der Waals surface area contributed by atoms with Crippen molar-refractivity contribution in [2.45, 2.75) is 12.8 Å². The fourth-order valence-electron chi connectivity index (χ4n) is 2.51.